The van der Waals surface area contributed by atoms with Crippen molar-refractivity contribution in [1.82, 2.24) is 5.32 Å². The van der Waals surface area contributed by atoms with Gasteiger partial charge in [-0.1, -0.05) is 64.6 Å². The highest BCUT2D eigenvalue weighted by atomic mass is 35.5. The van der Waals surface area contributed by atoms with Crippen LogP contribution in [-0.4, -0.2) is 18.0 Å². The number of amides is 1. The maximum Gasteiger partial charge on any atom is 0.342 e. The fourth-order valence-corrected chi connectivity index (χ4v) is 2.84. The Morgan fingerprint density at radius 2 is 1.64 bits per heavy atom. The molecule has 2 aromatic rings. The van der Waals surface area contributed by atoms with Gasteiger partial charge < -0.3 is 10.1 Å². The van der Waals surface area contributed by atoms with Crippen molar-refractivity contribution in [2.75, 3.05) is 0 Å². The first kappa shape index (κ1) is 19.9. The Morgan fingerprint density at radius 1 is 1.00 bits per heavy atom. The van der Waals surface area contributed by atoms with Crippen molar-refractivity contribution in [2.24, 2.45) is 0 Å². The van der Waals surface area contributed by atoms with Crippen LogP contribution in [-0.2, 0) is 16.1 Å². The fourth-order valence-electron chi connectivity index (χ4n) is 1.96. The van der Waals surface area contributed by atoms with Crippen LogP contribution in [0.2, 0.25) is 20.1 Å². The van der Waals surface area contributed by atoms with Crippen molar-refractivity contribution < 1.29 is 14.3 Å². The van der Waals surface area contributed by atoms with Gasteiger partial charge in [-0.25, -0.2) is 4.79 Å². The molecule has 132 valence electrons. The number of benzene rings is 2. The summed E-state index contributed by atoms with van der Waals surface area (Å²) in [7, 11) is 0. The summed E-state index contributed by atoms with van der Waals surface area (Å²) in [6.45, 7) is 1.64. The largest absolute Gasteiger partial charge is 0.449 e. The second-order valence-electron chi connectivity index (χ2n) is 5.07. The Kier molecular flexibility index (Phi) is 6.96. The van der Waals surface area contributed by atoms with Crippen LogP contribution in [0.25, 0.3) is 0 Å². The lowest BCUT2D eigenvalue weighted by atomic mass is 10.2. The summed E-state index contributed by atoms with van der Waals surface area (Å²) in [5, 5.41) is 3.40. The molecule has 1 atom stereocenters. The molecule has 0 saturated carbocycles. The number of hydrogen-bond acceptors (Lipinski definition) is 3. The van der Waals surface area contributed by atoms with Crippen LogP contribution in [0.1, 0.15) is 22.8 Å². The zero-order valence-corrected chi connectivity index (χ0v) is 16.0. The van der Waals surface area contributed by atoms with Crippen LogP contribution in [0, 0.1) is 0 Å². The van der Waals surface area contributed by atoms with Gasteiger partial charge in [0.05, 0.1) is 20.6 Å². The predicted octanol–water partition coefficient (Wildman–Crippen LogP) is 5.16. The van der Waals surface area contributed by atoms with E-state index in [1.807, 2.05) is 0 Å². The zero-order valence-electron chi connectivity index (χ0n) is 13.0. The van der Waals surface area contributed by atoms with Gasteiger partial charge in [-0.3, -0.25) is 4.79 Å². The maximum atomic E-state index is 12.2. The van der Waals surface area contributed by atoms with E-state index in [9.17, 15) is 9.59 Å². The number of esters is 1. The summed E-state index contributed by atoms with van der Waals surface area (Å²) in [5.41, 5.74) is 0.665. The molecule has 0 saturated heterocycles. The topological polar surface area (TPSA) is 55.4 Å². The van der Waals surface area contributed by atoms with Gasteiger partial charge in [-0.2, -0.15) is 0 Å². The predicted molar refractivity (Wildman–Crippen MR) is 99.6 cm³/mol. The lowest BCUT2D eigenvalue weighted by molar-refractivity contribution is -0.129. The van der Waals surface area contributed by atoms with E-state index in [0.29, 0.717) is 5.02 Å². The first-order valence-electron chi connectivity index (χ1n) is 7.17. The Bertz CT molecular complexity index is 810. The number of carbonyl (C=O) groups excluding carboxylic acids is 2. The van der Waals surface area contributed by atoms with E-state index in [2.05, 4.69) is 5.32 Å². The van der Waals surface area contributed by atoms with Crippen molar-refractivity contribution in [3.05, 3.63) is 67.6 Å². The van der Waals surface area contributed by atoms with Gasteiger partial charge in [0.2, 0.25) is 0 Å². The standard InChI is InChI=1S/C17H13Cl4NO3/c1-9(16(23)22-8-10-4-2-3-5-11(10)18)25-17(24)14-12(19)6-7-13(20)15(14)21/h2-7,9H,8H2,1H3,(H,22,23). The Labute approximate surface area is 165 Å². The molecule has 0 radical (unpaired) electrons. The van der Waals surface area contributed by atoms with E-state index in [0.717, 1.165) is 5.56 Å². The van der Waals surface area contributed by atoms with E-state index in [4.69, 9.17) is 51.1 Å². The normalized spacial score (nSPS) is 11.7. The van der Waals surface area contributed by atoms with Crippen molar-refractivity contribution in [3.8, 4) is 0 Å². The van der Waals surface area contributed by atoms with Crippen LogP contribution >= 0.6 is 46.4 Å². The molecule has 0 spiro atoms. The second-order valence-corrected chi connectivity index (χ2v) is 6.67. The van der Waals surface area contributed by atoms with Crippen molar-refractivity contribution in [1.29, 1.82) is 0 Å². The third-order valence-corrected chi connectivity index (χ3v) is 4.80. The van der Waals surface area contributed by atoms with Gasteiger partial charge in [0.1, 0.15) is 0 Å². The van der Waals surface area contributed by atoms with Crippen LogP contribution in [0.3, 0.4) is 0 Å². The van der Waals surface area contributed by atoms with Crippen LogP contribution in [0.5, 0.6) is 0 Å². The lowest BCUT2D eigenvalue weighted by Crippen LogP contribution is -2.35. The monoisotopic (exact) mass is 419 g/mol. The summed E-state index contributed by atoms with van der Waals surface area (Å²) in [5.74, 6) is -1.32. The molecule has 0 aliphatic heterocycles. The quantitative estimate of drug-likeness (QED) is 0.536. The molecule has 2 aromatic carbocycles. The van der Waals surface area contributed by atoms with Crippen LogP contribution in [0.15, 0.2) is 36.4 Å². The number of ether oxygens (including phenoxy) is 1. The highest BCUT2D eigenvalue weighted by Crippen LogP contribution is 2.32. The minimum atomic E-state index is -1.05. The van der Waals surface area contributed by atoms with Crippen molar-refractivity contribution >= 4 is 58.3 Å². The molecule has 2 rings (SSSR count). The van der Waals surface area contributed by atoms with Gasteiger partial charge in [0, 0.05) is 11.6 Å². The maximum absolute atomic E-state index is 12.2. The SMILES string of the molecule is CC(OC(=O)c1c(Cl)ccc(Cl)c1Cl)C(=O)NCc1ccccc1Cl. The molecule has 4 nitrogen and oxygen atoms in total. The van der Waals surface area contributed by atoms with E-state index < -0.39 is 18.0 Å². The third-order valence-electron chi connectivity index (χ3n) is 3.31. The lowest BCUT2D eigenvalue weighted by Gasteiger charge is -2.15. The molecule has 0 aromatic heterocycles. The number of hydrogen-bond donors (Lipinski definition) is 1. The first-order valence-corrected chi connectivity index (χ1v) is 8.68. The third kappa shape index (κ3) is 5.02. The number of nitrogens with one attached hydrogen (secondary N) is 1. The summed E-state index contributed by atoms with van der Waals surface area (Å²) in [4.78, 5) is 24.3. The number of halogens is 4. The highest BCUT2D eigenvalue weighted by Gasteiger charge is 2.23. The van der Waals surface area contributed by atoms with Gasteiger partial charge in [0.25, 0.3) is 5.91 Å². The molecule has 8 heteroatoms. The van der Waals surface area contributed by atoms with Crippen molar-refractivity contribution in [3.63, 3.8) is 0 Å². The van der Waals surface area contributed by atoms with Gasteiger partial charge in [0.15, 0.2) is 6.10 Å². The van der Waals surface area contributed by atoms with E-state index in [1.54, 1.807) is 24.3 Å². The van der Waals surface area contributed by atoms with Gasteiger partial charge >= 0.3 is 5.97 Å². The molecule has 1 unspecified atom stereocenters. The zero-order chi connectivity index (χ0) is 18.6. The van der Waals surface area contributed by atoms with E-state index in [1.165, 1.54) is 19.1 Å². The molecule has 0 heterocycles. The second kappa shape index (κ2) is 8.77. The van der Waals surface area contributed by atoms with Crippen LogP contribution < -0.4 is 5.32 Å². The molecule has 25 heavy (non-hydrogen) atoms. The van der Waals surface area contributed by atoms with E-state index >= 15 is 0 Å². The van der Waals surface area contributed by atoms with Gasteiger partial charge in [-0.15, -0.1) is 0 Å². The molecular weight excluding hydrogens is 408 g/mol. The average Bonchev–Trinajstić information content (AvgIpc) is 2.57. The number of rotatable bonds is 5. The molecular formula is C17H13Cl4NO3. The van der Waals surface area contributed by atoms with Crippen LogP contribution in [0.4, 0.5) is 0 Å². The highest BCUT2D eigenvalue weighted by molar-refractivity contribution is 6.46. The smallest absolute Gasteiger partial charge is 0.342 e. The summed E-state index contributed by atoms with van der Waals surface area (Å²) in [6.07, 6.45) is -1.05. The molecule has 1 amide bonds. The number of carbonyl (C=O) groups is 2. The Morgan fingerprint density at radius 3 is 2.32 bits per heavy atom. The minimum Gasteiger partial charge on any atom is -0.449 e. The summed E-state index contributed by atoms with van der Waals surface area (Å²) < 4.78 is 5.12. The van der Waals surface area contributed by atoms with E-state index in [-0.39, 0.29) is 27.2 Å². The molecule has 0 fully saturated rings. The molecule has 0 bridgehead atoms. The fraction of sp³-hybridized carbons (Fsp3) is 0.176. The Hall–Kier alpha value is -1.46. The van der Waals surface area contributed by atoms with Gasteiger partial charge in [-0.05, 0) is 30.7 Å². The molecule has 1 N–H and O–H groups in total. The van der Waals surface area contributed by atoms with Crippen molar-refractivity contribution in [2.45, 2.75) is 19.6 Å². The molecule has 0 aliphatic rings. The first-order chi connectivity index (χ1) is 11.8. The summed E-state index contributed by atoms with van der Waals surface area (Å²) in [6, 6.07) is 9.98. The summed E-state index contributed by atoms with van der Waals surface area (Å²) >= 11 is 23.8. The molecule has 0 aliphatic carbocycles. The Balaban J connectivity index is 2.00. The minimum absolute atomic E-state index is 0.0251. The average molecular weight is 421 g/mol.